The lowest BCUT2D eigenvalue weighted by atomic mass is 9.96. The second kappa shape index (κ2) is 11.0. The molecular weight excluding hydrogens is 444 g/mol. The largest absolute Gasteiger partial charge is 0.374 e. The molecule has 0 radical (unpaired) electrons. The lowest BCUT2D eigenvalue weighted by molar-refractivity contribution is -0.112. The number of rotatable bonds is 6. The highest BCUT2D eigenvalue weighted by atomic mass is 35.5. The maximum atomic E-state index is 12.7. The van der Waals surface area contributed by atoms with Gasteiger partial charge in [-0.15, -0.1) is 0 Å². The number of nitrogens with one attached hydrogen (secondary N) is 1. The molecule has 1 amide bonds. The molecule has 3 aromatic rings. The van der Waals surface area contributed by atoms with Crippen molar-refractivity contribution in [1.82, 2.24) is 9.80 Å². The number of amides is 1. The molecule has 1 N–H and O–H groups in total. The number of halogens is 1. The normalized spacial score (nSPS) is 14.6. The number of piperazine rings is 1. The average molecular weight is 471 g/mol. The van der Waals surface area contributed by atoms with Gasteiger partial charge >= 0.3 is 0 Å². The van der Waals surface area contributed by atoms with E-state index in [9.17, 15) is 10.1 Å². The standard InChI is InChI=1S/C28H27ClN4O/c1-21-12-13-25(29)18-26(21)31-28(34)24(19-30)20-32-14-16-33(17-15-32)27(22-8-4-2-5-9-22)23-10-6-3-7-11-23/h2-13,18,20,27H,14-17H2,1H3,(H,31,34)/b24-20-. The van der Waals surface area contributed by atoms with Crippen molar-refractivity contribution in [3.05, 3.63) is 112 Å². The lowest BCUT2D eigenvalue weighted by Gasteiger charge is -2.39. The monoisotopic (exact) mass is 470 g/mol. The number of hydrogen-bond donors (Lipinski definition) is 1. The molecule has 6 heteroatoms. The van der Waals surface area contributed by atoms with Crippen LogP contribution in [-0.4, -0.2) is 41.9 Å². The van der Waals surface area contributed by atoms with Crippen molar-refractivity contribution >= 4 is 23.2 Å². The molecule has 0 aromatic heterocycles. The zero-order valence-electron chi connectivity index (χ0n) is 19.1. The van der Waals surface area contributed by atoms with E-state index in [2.05, 4.69) is 58.7 Å². The van der Waals surface area contributed by atoms with Gasteiger partial charge < -0.3 is 10.2 Å². The van der Waals surface area contributed by atoms with Crippen LogP contribution in [-0.2, 0) is 4.79 Å². The molecule has 0 saturated carbocycles. The predicted octanol–water partition coefficient (Wildman–Crippen LogP) is 5.40. The third-order valence-corrected chi connectivity index (χ3v) is 6.30. The van der Waals surface area contributed by atoms with Gasteiger partial charge in [0.2, 0.25) is 0 Å². The molecule has 3 aromatic carbocycles. The van der Waals surface area contributed by atoms with Crippen LogP contribution in [0, 0.1) is 18.3 Å². The molecule has 0 bridgehead atoms. The van der Waals surface area contributed by atoms with Crippen LogP contribution in [0.4, 0.5) is 5.69 Å². The molecule has 34 heavy (non-hydrogen) atoms. The van der Waals surface area contributed by atoms with Crippen LogP contribution in [0.2, 0.25) is 5.02 Å². The van der Waals surface area contributed by atoms with Gasteiger partial charge in [-0.1, -0.05) is 78.3 Å². The molecule has 1 aliphatic rings. The van der Waals surface area contributed by atoms with Gasteiger partial charge in [-0.3, -0.25) is 9.69 Å². The van der Waals surface area contributed by atoms with E-state index in [0.29, 0.717) is 10.7 Å². The number of anilines is 1. The molecule has 1 fully saturated rings. The number of carbonyl (C=O) groups excluding carboxylic acids is 1. The maximum absolute atomic E-state index is 12.7. The first-order valence-electron chi connectivity index (χ1n) is 11.3. The second-order valence-electron chi connectivity index (χ2n) is 8.36. The number of aryl methyl sites for hydroxylation is 1. The van der Waals surface area contributed by atoms with Crippen LogP contribution in [0.5, 0.6) is 0 Å². The van der Waals surface area contributed by atoms with Crippen molar-refractivity contribution in [2.75, 3.05) is 31.5 Å². The van der Waals surface area contributed by atoms with Gasteiger partial charge in [0.05, 0.1) is 6.04 Å². The molecule has 0 spiro atoms. The lowest BCUT2D eigenvalue weighted by Crippen LogP contribution is -2.46. The van der Waals surface area contributed by atoms with Crippen molar-refractivity contribution in [2.45, 2.75) is 13.0 Å². The van der Waals surface area contributed by atoms with Gasteiger partial charge in [-0.05, 0) is 35.7 Å². The Morgan fingerprint density at radius 2 is 1.56 bits per heavy atom. The Hall–Kier alpha value is -3.59. The second-order valence-corrected chi connectivity index (χ2v) is 8.80. The summed E-state index contributed by atoms with van der Waals surface area (Å²) < 4.78 is 0. The predicted molar refractivity (Wildman–Crippen MR) is 136 cm³/mol. The summed E-state index contributed by atoms with van der Waals surface area (Å²) in [6, 6.07) is 28.5. The van der Waals surface area contributed by atoms with Crippen LogP contribution in [0.15, 0.2) is 90.6 Å². The van der Waals surface area contributed by atoms with E-state index in [4.69, 9.17) is 11.6 Å². The summed E-state index contributed by atoms with van der Waals surface area (Å²) in [6.07, 6.45) is 1.67. The zero-order chi connectivity index (χ0) is 23.9. The van der Waals surface area contributed by atoms with Gasteiger partial charge in [0, 0.05) is 43.1 Å². The fourth-order valence-electron chi connectivity index (χ4n) is 4.25. The van der Waals surface area contributed by atoms with Crippen molar-refractivity contribution in [2.24, 2.45) is 0 Å². The number of nitriles is 1. The van der Waals surface area contributed by atoms with Crippen LogP contribution >= 0.6 is 11.6 Å². The quantitative estimate of drug-likeness (QED) is 0.387. The van der Waals surface area contributed by atoms with E-state index >= 15 is 0 Å². The summed E-state index contributed by atoms with van der Waals surface area (Å²) in [7, 11) is 0. The first-order chi connectivity index (χ1) is 16.5. The third-order valence-electron chi connectivity index (χ3n) is 6.07. The molecule has 1 heterocycles. The molecular formula is C28H27ClN4O. The number of benzene rings is 3. The van der Waals surface area contributed by atoms with Crippen molar-refractivity contribution in [3.63, 3.8) is 0 Å². The average Bonchev–Trinajstić information content (AvgIpc) is 2.87. The van der Waals surface area contributed by atoms with Gasteiger partial charge in [0.25, 0.3) is 5.91 Å². The Labute approximate surface area is 205 Å². The minimum atomic E-state index is -0.429. The summed E-state index contributed by atoms with van der Waals surface area (Å²) in [6.45, 7) is 4.98. The van der Waals surface area contributed by atoms with Gasteiger partial charge in [-0.2, -0.15) is 5.26 Å². The summed E-state index contributed by atoms with van der Waals surface area (Å²) in [4.78, 5) is 17.2. The topological polar surface area (TPSA) is 59.4 Å². The summed E-state index contributed by atoms with van der Waals surface area (Å²) in [5.41, 5.74) is 4.09. The summed E-state index contributed by atoms with van der Waals surface area (Å²) >= 11 is 6.05. The van der Waals surface area contributed by atoms with E-state index < -0.39 is 5.91 Å². The van der Waals surface area contributed by atoms with E-state index in [1.807, 2.05) is 36.1 Å². The Morgan fingerprint density at radius 3 is 2.12 bits per heavy atom. The molecule has 0 unspecified atom stereocenters. The van der Waals surface area contributed by atoms with Gasteiger partial charge in [0.15, 0.2) is 0 Å². The van der Waals surface area contributed by atoms with Crippen molar-refractivity contribution in [1.29, 1.82) is 5.26 Å². The highest BCUT2D eigenvalue weighted by Gasteiger charge is 2.26. The van der Waals surface area contributed by atoms with E-state index in [-0.39, 0.29) is 11.6 Å². The van der Waals surface area contributed by atoms with Crippen molar-refractivity contribution in [3.8, 4) is 6.07 Å². The third kappa shape index (κ3) is 5.66. The Balaban J connectivity index is 1.46. The first-order valence-corrected chi connectivity index (χ1v) is 11.7. The van der Waals surface area contributed by atoms with Crippen LogP contribution in [0.1, 0.15) is 22.7 Å². The molecule has 0 atom stereocenters. The molecule has 1 aliphatic heterocycles. The molecule has 0 aliphatic carbocycles. The summed E-state index contributed by atoms with van der Waals surface area (Å²) in [5, 5.41) is 13.0. The van der Waals surface area contributed by atoms with Gasteiger partial charge in [0.1, 0.15) is 11.6 Å². The number of hydrogen-bond acceptors (Lipinski definition) is 4. The molecule has 4 rings (SSSR count). The highest BCUT2D eigenvalue weighted by molar-refractivity contribution is 6.31. The van der Waals surface area contributed by atoms with Gasteiger partial charge in [-0.25, -0.2) is 0 Å². The van der Waals surface area contributed by atoms with E-state index in [1.54, 1.807) is 18.3 Å². The number of carbonyl (C=O) groups is 1. The first kappa shape index (κ1) is 23.6. The Kier molecular flexibility index (Phi) is 7.64. The highest BCUT2D eigenvalue weighted by Crippen LogP contribution is 2.29. The van der Waals surface area contributed by atoms with Crippen molar-refractivity contribution < 1.29 is 4.79 Å². The Bertz CT molecular complexity index is 1160. The van der Waals surface area contributed by atoms with Crippen LogP contribution < -0.4 is 5.32 Å². The van der Waals surface area contributed by atoms with Crippen LogP contribution in [0.3, 0.4) is 0 Å². The SMILES string of the molecule is Cc1ccc(Cl)cc1NC(=O)/C(C#N)=C\N1CCN(C(c2ccccc2)c2ccccc2)CC1. The van der Waals surface area contributed by atoms with E-state index in [1.165, 1.54) is 11.1 Å². The Morgan fingerprint density at radius 1 is 0.971 bits per heavy atom. The fourth-order valence-corrected chi connectivity index (χ4v) is 4.42. The maximum Gasteiger partial charge on any atom is 0.267 e. The van der Waals surface area contributed by atoms with Crippen LogP contribution in [0.25, 0.3) is 0 Å². The molecule has 172 valence electrons. The molecule has 5 nitrogen and oxygen atoms in total. The van der Waals surface area contributed by atoms with E-state index in [0.717, 1.165) is 31.7 Å². The fraction of sp³-hybridized carbons (Fsp3) is 0.214. The summed E-state index contributed by atoms with van der Waals surface area (Å²) in [5.74, 6) is -0.429. The smallest absolute Gasteiger partial charge is 0.267 e. The number of nitrogens with zero attached hydrogens (tertiary/aromatic N) is 3. The minimum absolute atomic E-state index is 0.0792. The molecule has 1 saturated heterocycles. The zero-order valence-corrected chi connectivity index (χ0v) is 19.9. The minimum Gasteiger partial charge on any atom is -0.374 e.